The zero-order valence-electron chi connectivity index (χ0n) is 11.9. The van der Waals surface area contributed by atoms with E-state index in [0.29, 0.717) is 11.9 Å². The van der Waals surface area contributed by atoms with Crippen molar-refractivity contribution in [2.24, 2.45) is 16.6 Å². The molecule has 0 saturated heterocycles. The molecule has 19 heavy (non-hydrogen) atoms. The molecule has 1 aromatic rings. The van der Waals surface area contributed by atoms with Crippen LogP contribution in [0.5, 0.6) is 0 Å². The molecule has 3 nitrogen and oxygen atoms in total. The summed E-state index contributed by atoms with van der Waals surface area (Å²) in [5.41, 5.74) is 6.86. The first-order chi connectivity index (χ1) is 8.76. The van der Waals surface area contributed by atoms with Crippen molar-refractivity contribution in [2.75, 3.05) is 11.9 Å². The van der Waals surface area contributed by atoms with Gasteiger partial charge in [0.1, 0.15) is 0 Å². The van der Waals surface area contributed by atoms with Crippen LogP contribution in [-0.2, 0) is 0 Å². The Morgan fingerprint density at radius 3 is 2.53 bits per heavy atom. The van der Waals surface area contributed by atoms with Gasteiger partial charge in [-0.25, -0.2) is 0 Å². The number of benzene rings is 1. The Kier molecular flexibility index (Phi) is 10.6. The fraction of sp³-hybridized carbons (Fsp3) is 0.533. The Hall–Kier alpha value is -0.780. The summed E-state index contributed by atoms with van der Waals surface area (Å²) in [6.45, 7) is 5.26. The van der Waals surface area contributed by atoms with Gasteiger partial charge in [-0.3, -0.25) is 4.99 Å². The SMILES string of the molecule is CCCCC(CC)CN=C(N)Nc1ccccc1.I. The van der Waals surface area contributed by atoms with Crippen LogP contribution in [-0.4, -0.2) is 12.5 Å². The molecule has 1 aromatic carbocycles. The minimum atomic E-state index is 0. The van der Waals surface area contributed by atoms with E-state index in [1.165, 1.54) is 25.7 Å². The molecular weight excluding hydrogens is 349 g/mol. The highest BCUT2D eigenvalue weighted by Gasteiger charge is 2.04. The molecule has 0 heterocycles. The molecule has 0 aliphatic heterocycles. The van der Waals surface area contributed by atoms with E-state index in [-0.39, 0.29) is 24.0 Å². The summed E-state index contributed by atoms with van der Waals surface area (Å²) in [6.07, 6.45) is 4.94. The third-order valence-electron chi connectivity index (χ3n) is 3.11. The average Bonchev–Trinajstić information content (AvgIpc) is 2.40. The number of hydrogen-bond donors (Lipinski definition) is 2. The number of nitrogens with one attached hydrogen (secondary N) is 1. The van der Waals surface area contributed by atoms with Crippen LogP contribution in [0.1, 0.15) is 39.5 Å². The van der Waals surface area contributed by atoms with Crippen molar-refractivity contribution in [3.05, 3.63) is 30.3 Å². The second-order valence-corrected chi connectivity index (χ2v) is 4.63. The Morgan fingerprint density at radius 2 is 1.95 bits per heavy atom. The van der Waals surface area contributed by atoms with Gasteiger partial charge < -0.3 is 11.1 Å². The molecule has 1 rings (SSSR count). The van der Waals surface area contributed by atoms with Gasteiger partial charge in [0.15, 0.2) is 5.96 Å². The largest absolute Gasteiger partial charge is 0.370 e. The van der Waals surface area contributed by atoms with Crippen LogP contribution in [0, 0.1) is 5.92 Å². The monoisotopic (exact) mass is 375 g/mol. The van der Waals surface area contributed by atoms with Crippen molar-refractivity contribution in [3.63, 3.8) is 0 Å². The van der Waals surface area contributed by atoms with E-state index in [9.17, 15) is 0 Å². The van der Waals surface area contributed by atoms with E-state index in [1.807, 2.05) is 30.3 Å². The quantitative estimate of drug-likeness (QED) is 0.425. The number of anilines is 1. The van der Waals surface area contributed by atoms with Gasteiger partial charge >= 0.3 is 0 Å². The van der Waals surface area contributed by atoms with Crippen LogP contribution >= 0.6 is 24.0 Å². The highest BCUT2D eigenvalue weighted by molar-refractivity contribution is 14.0. The van der Waals surface area contributed by atoms with Gasteiger partial charge in [0.05, 0.1) is 0 Å². The Balaban J connectivity index is 0.00000324. The van der Waals surface area contributed by atoms with Gasteiger partial charge in [-0.15, -0.1) is 24.0 Å². The maximum atomic E-state index is 5.88. The van der Waals surface area contributed by atoms with Crippen molar-refractivity contribution in [2.45, 2.75) is 39.5 Å². The normalized spacial score (nSPS) is 12.6. The number of hydrogen-bond acceptors (Lipinski definition) is 1. The topological polar surface area (TPSA) is 50.4 Å². The van der Waals surface area contributed by atoms with E-state index in [1.54, 1.807) is 0 Å². The van der Waals surface area contributed by atoms with Crippen LogP contribution in [0.4, 0.5) is 5.69 Å². The minimum absolute atomic E-state index is 0. The first-order valence-electron chi connectivity index (χ1n) is 6.88. The average molecular weight is 375 g/mol. The molecular formula is C15H26IN3. The van der Waals surface area contributed by atoms with Gasteiger partial charge in [-0.2, -0.15) is 0 Å². The number of para-hydroxylation sites is 1. The number of aliphatic imine (C=N–C) groups is 1. The summed E-state index contributed by atoms with van der Waals surface area (Å²) in [4.78, 5) is 4.43. The summed E-state index contributed by atoms with van der Waals surface area (Å²) in [5.74, 6) is 1.16. The van der Waals surface area contributed by atoms with Gasteiger partial charge in [0, 0.05) is 12.2 Å². The summed E-state index contributed by atoms with van der Waals surface area (Å²) in [7, 11) is 0. The lowest BCUT2D eigenvalue weighted by Crippen LogP contribution is -2.23. The molecule has 3 N–H and O–H groups in total. The zero-order chi connectivity index (χ0) is 13.2. The van der Waals surface area contributed by atoms with Gasteiger partial charge in [-0.1, -0.05) is 51.3 Å². The van der Waals surface area contributed by atoms with E-state index in [4.69, 9.17) is 5.73 Å². The highest BCUT2D eigenvalue weighted by atomic mass is 127. The fourth-order valence-electron chi connectivity index (χ4n) is 1.85. The zero-order valence-corrected chi connectivity index (χ0v) is 14.3. The van der Waals surface area contributed by atoms with Crippen LogP contribution in [0.2, 0.25) is 0 Å². The van der Waals surface area contributed by atoms with Crippen molar-refractivity contribution in [3.8, 4) is 0 Å². The summed E-state index contributed by atoms with van der Waals surface area (Å²) in [5, 5.41) is 3.11. The first kappa shape index (κ1) is 18.2. The highest BCUT2D eigenvalue weighted by Crippen LogP contribution is 2.12. The lowest BCUT2D eigenvalue weighted by molar-refractivity contribution is 0.462. The van der Waals surface area contributed by atoms with Gasteiger partial charge in [-0.05, 0) is 24.5 Å². The molecule has 0 amide bonds. The molecule has 1 atom stereocenters. The summed E-state index contributed by atoms with van der Waals surface area (Å²) in [6, 6.07) is 9.90. The number of nitrogens with zero attached hydrogens (tertiary/aromatic N) is 1. The van der Waals surface area contributed by atoms with Crippen LogP contribution < -0.4 is 11.1 Å². The number of nitrogens with two attached hydrogens (primary N) is 1. The van der Waals surface area contributed by atoms with Crippen LogP contribution in [0.15, 0.2) is 35.3 Å². The molecule has 0 fully saturated rings. The van der Waals surface area contributed by atoms with Crippen LogP contribution in [0.3, 0.4) is 0 Å². The Morgan fingerprint density at radius 1 is 1.26 bits per heavy atom. The molecule has 0 radical (unpaired) electrons. The lowest BCUT2D eigenvalue weighted by atomic mass is 10.00. The Labute approximate surface area is 134 Å². The molecule has 0 bridgehead atoms. The molecule has 0 aromatic heterocycles. The van der Waals surface area contributed by atoms with Crippen molar-refractivity contribution in [1.29, 1.82) is 0 Å². The molecule has 0 aliphatic carbocycles. The molecule has 0 aliphatic rings. The van der Waals surface area contributed by atoms with E-state index in [0.717, 1.165) is 12.2 Å². The molecule has 108 valence electrons. The second-order valence-electron chi connectivity index (χ2n) is 4.63. The standard InChI is InChI=1S/C15H25N3.HI/c1-3-5-9-13(4-2)12-17-15(16)18-14-10-7-6-8-11-14;/h6-8,10-11,13H,3-5,9,12H2,1-2H3,(H3,16,17,18);1H. The fourth-order valence-corrected chi connectivity index (χ4v) is 1.85. The minimum Gasteiger partial charge on any atom is -0.370 e. The van der Waals surface area contributed by atoms with Crippen molar-refractivity contribution < 1.29 is 0 Å². The molecule has 4 heteroatoms. The maximum Gasteiger partial charge on any atom is 0.193 e. The lowest BCUT2D eigenvalue weighted by Gasteiger charge is -2.12. The predicted molar refractivity (Wildman–Crippen MR) is 95.3 cm³/mol. The summed E-state index contributed by atoms with van der Waals surface area (Å²) < 4.78 is 0. The maximum absolute atomic E-state index is 5.88. The van der Waals surface area contributed by atoms with Gasteiger partial charge in [0.2, 0.25) is 0 Å². The van der Waals surface area contributed by atoms with Crippen molar-refractivity contribution in [1.82, 2.24) is 0 Å². The van der Waals surface area contributed by atoms with Gasteiger partial charge in [0.25, 0.3) is 0 Å². The molecule has 0 saturated carbocycles. The van der Waals surface area contributed by atoms with Crippen LogP contribution in [0.25, 0.3) is 0 Å². The second kappa shape index (κ2) is 11.1. The number of rotatable bonds is 7. The van der Waals surface area contributed by atoms with Crippen molar-refractivity contribution >= 4 is 35.6 Å². The molecule has 0 spiro atoms. The number of halogens is 1. The summed E-state index contributed by atoms with van der Waals surface area (Å²) >= 11 is 0. The molecule has 1 unspecified atom stereocenters. The van der Waals surface area contributed by atoms with E-state index >= 15 is 0 Å². The third kappa shape index (κ3) is 8.08. The first-order valence-corrected chi connectivity index (χ1v) is 6.88. The van der Waals surface area contributed by atoms with E-state index < -0.39 is 0 Å². The Bertz CT molecular complexity index is 352. The number of guanidine groups is 1. The predicted octanol–water partition coefficient (Wildman–Crippen LogP) is 4.25. The third-order valence-corrected chi connectivity index (χ3v) is 3.11. The number of unbranched alkanes of at least 4 members (excludes halogenated alkanes) is 1. The van der Waals surface area contributed by atoms with E-state index in [2.05, 4.69) is 24.2 Å². The smallest absolute Gasteiger partial charge is 0.193 e.